The Morgan fingerprint density at radius 3 is 2.29 bits per heavy atom. The second-order valence-corrected chi connectivity index (χ2v) is 7.86. The van der Waals surface area contributed by atoms with E-state index < -0.39 is 6.10 Å². The Bertz CT molecular complexity index is 717. The highest BCUT2D eigenvalue weighted by atomic mass is 79.9. The van der Waals surface area contributed by atoms with Crippen LogP contribution in [0.4, 0.5) is 5.69 Å². The van der Waals surface area contributed by atoms with Crippen LogP contribution in [0.1, 0.15) is 38.8 Å². The largest absolute Gasteiger partial charge is 0.481 e. The molecule has 24 heavy (non-hydrogen) atoms. The zero-order valence-corrected chi connectivity index (χ0v) is 16.4. The third-order valence-corrected chi connectivity index (χ3v) is 4.44. The van der Waals surface area contributed by atoms with Crippen LogP contribution in [0.25, 0.3) is 0 Å². The average Bonchev–Trinajstić information content (AvgIpc) is 2.49. The van der Waals surface area contributed by atoms with Crippen molar-refractivity contribution in [2.75, 3.05) is 5.32 Å². The second kappa shape index (κ2) is 7.39. The smallest absolute Gasteiger partial charge is 0.265 e. The van der Waals surface area contributed by atoms with Crippen molar-refractivity contribution in [2.45, 2.75) is 46.1 Å². The van der Waals surface area contributed by atoms with Gasteiger partial charge in [0.05, 0.1) is 5.69 Å². The lowest BCUT2D eigenvalue weighted by Crippen LogP contribution is -2.30. The van der Waals surface area contributed by atoms with Gasteiger partial charge in [-0.3, -0.25) is 4.79 Å². The van der Waals surface area contributed by atoms with E-state index in [0.29, 0.717) is 5.75 Å². The molecule has 0 aliphatic rings. The molecule has 0 fully saturated rings. The summed E-state index contributed by atoms with van der Waals surface area (Å²) in [6, 6.07) is 13.7. The summed E-state index contributed by atoms with van der Waals surface area (Å²) in [6.45, 7) is 10.2. The zero-order chi connectivity index (χ0) is 17.9. The Kier molecular flexibility index (Phi) is 5.70. The lowest BCUT2D eigenvalue weighted by Gasteiger charge is -2.20. The van der Waals surface area contributed by atoms with E-state index in [1.54, 1.807) is 6.92 Å². The molecule has 0 aliphatic carbocycles. The van der Waals surface area contributed by atoms with E-state index in [0.717, 1.165) is 15.7 Å². The van der Waals surface area contributed by atoms with Gasteiger partial charge in [-0.2, -0.15) is 0 Å². The zero-order valence-electron chi connectivity index (χ0n) is 14.8. The van der Waals surface area contributed by atoms with Crippen LogP contribution in [0.5, 0.6) is 5.75 Å². The summed E-state index contributed by atoms with van der Waals surface area (Å²) < 4.78 is 6.61. The molecule has 0 heterocycles. The van der Waals surface area contributed by atoms with E-state index >= 15 is 0 Å². The molecule has 1 N–H and O–H groups in total. The van der Waals surface area contributed by atoms with Crippen molar-refractivity contribution in [1.29, 1.82) is 0 Å². The number of carbonyl (C=O) groups excluding carboxylic acids is 1. The molecule has 2 rings (SSSR count). The molecule has 0 aromatic heterocycles. The van der Waals surface area contributed by atoms with Crippen LogP contribution >= 0.6 is 15.9 Å². The molecular formula is C20H24BrNO2. The lowest BCUT2D eigenvalue weighted by molar-refractivity contribution is -0.122. The molecule has 0 aliphatic heterocycles. The number of carbonyl (C=O) groups is 1. The van der Waals surface area contributed by atoms with Crippen LogP contribution in [0.2, 0.25) is 0 Å². The summed E-state index contributed by atoms with van der Waals surface area (Å²) in [5.41, 5.74) is 3.20. The van der Waals surface area contributed by atoms with Crippen LogP contribution in [0, 0.1) is 6.92 Å². The normalized spacial score (nSPS) is 12.6. The fraction of sp³-hybridized carbons (Fsp3) is 0.350. The first-order chi connectivity index (χ1) is 11.2. The molecule has 0 spiro atoms. The molecule has 0 bridgehead atoms. The summed E-state index contributed by atoms with van der Waals surface area (Å²) in [5, 5.41) is 2.88. The first kappa shape index (κ1) is 18.5. The molecule has 0 radical (unpaired) electrons. The number of benzene rings is 2. The molecule has 0 saturated carbocycles. The van der Waals surface area contributed by atoms with Crippen LogP contribution in [-0.4, -0.2) is 12.0 Å². The molecule has 128 valence electrons. The molecule has 1 atom stereocenters. The molecule has 2 aromatic rings. The number of aryl methyl sites for hydroxylation is 1. The number of nitrogens with one attached hydrogen (secondary N) is 1. The Hall–Kier alpha value is -1.81. The third-order valence-electron chi connectivity index (χ3n) is 3.78. The quantitative estimate of drug-likeness (QED) is 0.753. The lowest BCUT2D eigenvalue weighted by atomic mass is 9.87. The number of hydrogen-bond acceptors (Lipinski definition) is 2. The summed E-state index contributed by atoms with van der Waals surface area (Å²) >= 11 is 3.46. The van der Waals surface area contributed by atoms with Gasteiger partial charge in [-0.1, -0.05) is 39.0 Å². The maximum atomic E-state index is 12.3. The highest BCUT2D eigenvalue weighted by Gasteiger charge is 2.17. The Balaban J connectivity index is 2.01. The maximum Gasteiger partial charge on any atom is 0.265 e. The second-order valence-electron chi connectivity index (χ2n) is 7.01. The van der Waals surface area contributed by atoms with Crippen molar-refractivity contribution in [3.63, 3.8) is 0 Å². The third kappa shape index (κ3) is 4.84. The van der Waals surface area contributed by atoms with Crippen molar-refractivity contribution in [3.05, 3.63) is 58.1 Å². The average molecular weight is 390 g/mol. The van der Waals surface area contributed by atoms with Gasteiger partial charge in [0, 0.05) is 4.47 Å². The minimum atomic E-state index is -0.585. The van der Waals surface area contributed by atoms with Gasteiger partial charge in [-0.05, 0) is 70.6 Å². The maximum absolute atomic E-state index is 12.3. The van der Waals surface area contributed by atoms with Crippen molar-refractivity contribution in [3.8, 4) is 5.75 Å². The fourth-order valence-electron chi connectivity index (χ4n) is 2.25. The van der Waals surface area contributed by atoms with Crippen LogP contribution in [-0.2, 0) is 10.2 Å². The highest BCUT2D eigenvalue weighted by molar-refractivity contribution is 9.10. The fourth-order valence-corrected chi connectivity index (χ4v) is 2.84. The van der Waals surface area contributed by atoms with Crippen LogP contribution in [0.3, 0.4) is 0 Å². The summed E-state index contributed by atoms with van der Waals surface area (Å²) in [6.07, 6.45) is -0.585. The van der Waals surface area contributed by atoms with E-state index in [1.165, 1.54) is 5.56 Å². The number of amides is 1. The molecule has 4 heteroatoms. The van der Waals surface area contributed by atoms with Crippen molar-refractivity contribution in [1.82, 2.24) is 0 Å². The number of rotatable bonds is 4. The minimum Gasteiger partial charge on any atom is -0.481 e. The molecule has 1 amide bonds. The van der Waals surface area contributed by atoms with Gasteiger partial charge in [-0.15, -0.1) is 0 Å². The summed E-state index contributed by atoms with van der Waals surface area (Å²) in [4.78, 5) is 12.3. The van der Waals surface area contributed by atoms with Gasteiger partial charge in [0.25, 0.3) is 5.91 Å². The Morgan fingerprint density at radius 1 is 1.12 bits per heavy atom. The monoisotopic (exact) mass is 389 g/mol. The highest BCUT2D eigenvalue weighted by Crippen LogP contribution is 2.26. The van der Waals surface area contributed by atoms with Crippen LogP contribution < -0.4 is 10.1 Å². The number of hydrogen-bond donors (Lipinski definition) is 1. The SMILES string of the molecule is Cc1ccc(NC(=O)C(C)Oc2ccc(C(C)(C)C)cc2)c(Br)c1. The molecule has 3 nitrogen and oxygen atoms in total. The van der Waals surface area contributed by atoms with Gasteiger partial charge >= 0.3 is 0 Å². The first-order valence-electron chi connectivity index (χ1n) is 8.01. The van der Waals surface area contributed by atoms with Gasteiger partial charge in [0.15, 0.2) is 6.10 Å². The summed E-state index contributed by atoms with van der Waals surface area (Å²) in [7, 11) is 0. The Labute approximate surface area is 152 Å². The van der Waals surface area contributed by atoms with E-state index in [4.69, 9.17) is 4.74 Å². The van der Waals surface area contributed by atoms with Crippen LogP contribution in [0.15, 0.2) is 46.9 Å². The standard InChI is InChI=1S/C20H24BrNO2/c1-13-6-11-18(17(21)12-13)22-19(23)14(2)24-16-9-7-15(8-10-16)20(3,4)5/h6-12,14H,1-5H3,(H,22,23). The first-order valence-corrected chi connectivity index (χ1v) is 8.80. The predicted molar refractivity (Wildman–Crippen MR) is 103 cm³/mol. The minimum absolute atomic E-state index is 0.0965. The van der Waals surface area contributed by atoms with Gasteiger partial charge < -0.3 is 10.1 Å². The summed E-state index contributed by atoms with van der Waals surface area (Å²) in [5.74, 6) is 0.507. The van der Waals surface area contributed by atoms with Crippen molar-refractivity contribution >= 4 is 27.5 Å². The predicted octanol–water partition coefficient (Wildman–Crippen LogP) is 5.46. The molecule has 2 aromatic carbocycles. The number of ether oxygens (including phenoxy) is 1. The number of anilines is 1. The van der Waals surface area contributed by atoms with Gasteiger partial charge in [0.2, 0.25) is 0 Å². The molecule has 1 unspecified atom stereocenters. The van der Waals surface area contributed by atoms with E-state index in [9.17, 15) is 4.79 Å². The van der Waals surface area contributed by atoms with E-state index in [1.807, 2.05) is 49.4 Å². The van der Waals surface area contributed by atoms with E-state index in [2.05, 4.69) is 42.0 Å². The molecule has 0 saturated heterocycles. The van der Waals surface area contributed by atoms with Gasteiger partial charge in [0.1, 0.15) is 5.75 Å². The van der Waals surface area contributed by atoms with Gasteiger partial charge in [-0.25, -0.2) is 0 Å². The topological polar surface area (TPSA) is 38.3 Å². The number of halogens is 1. The van der Waals surface area contributed by atoms with Crippen molar-refractivity contribution in [2.24, 2.45) is 0 Å². The van der Waals surface area contributed by atoms with E-state index in [-0.39, 0.29) is 11.3 Å². The Morgan fingerprint density at radius 2 is 1.75 bits per heavy atom. The van der Waals surface area contributed by atoms with Crippen molar-refractivity contribution < 1.29 is 9.53 Å². The molecular weight excluding hydrogens is 366 g/mol.